The normalized spacial score (nSPS) is 17.1. The lowest BCUT2D eigenvalue weighted by molar-refractivity contribution is 0.0992. The van der Waals surface area contributed by atoms with Crippen LogP contribution in [0.3, 0.4) is 0 Å². The molecule has 1 aromatic rings. The summed E-state index contributed by atoms with van der Waals surface area (Å²) in [7, 11) is 0. The van der Waals surface area contributed by atoms with Crippen LogP contribution in [0.5, 0.6) is 5.75 Å². The molecule has 0 atom stereocenters. The third-order valence-electron chi connectivity index (χ3n) is 3.56. The van der Waals surface area contributed by atoms with Gasteiger partial charge in [-0.25, -0.2) is 0 Å². The number of hydrogen-bond acceptors (Lipinski definition) is 4. The molecular weight excluding hydrogens is 242 g/mol. The molecule has 4 nitrogen and oxygen atoms in total. The van der Waals surface area contributed by atoms with Crippen LogP contribution in [0.15, 0.2) is 18.2 Å². The largest absolute Gasteiger partial charge is 0.494 e. The lowest BCUT2D eigenvalue weighted by Gasteiger charge is -2.25. The van der Waals surface area contributed by atoms with Gasteiger partial charge in [-0.05, 0) is 43.7 Å². The molecule has 0 radical (unpaired) electrons. The number of fused-ring (bicyclic) bond motifs is 3. The first kappa shape index (κ1) is 12.1. The van der Waals surface area contributed by atoms with Crippen molar-refractivity contribution in [3.05, 3.63) is 40.5 Å². The molecular formula is C15H15NO3. The molecule has 3 rings (SSSR count). The molecule has 0 bridgehead atoms. The molecule has 2 aliphatic rings. The van der Waals surface area contributed by atoms with Crippen molar-refractivity contribution in [2.45, 2.75) is 19.9 Å². The van der Waals surface area contributed by atoms with Crippen LogP contribution in [0.2, 0.25) is 0 Å². The van der Waals surface area contributed by atoms with Gasteiger partial charge in [0.15, 0.2) is 11.6 Å². The second kappa shape index (κ2) is 4.63. The average molecular weight is 257 g/mol. The predicted octanol–water partition coefficient (Wildman–Crippen LogP) is 1.67. The molecule has 98 valence electrons. The third-order valence-corrected chi connectivity index (χ3v) is 3.56. The number of ether oxygens (including phenoxy) is 1. The Hall–Kier alpha value is -1.94. The molecule has 1 N–H and O–H groups in total. The summed E-state index contributed by atoms with van der Waals surface area (Å²) in [6.45, 7) is 3.96. The fourth-order valence-corrected chi connectivity index (χ4v) is 2.73. The zero-order valence-corrected chi connectivity index (χ0v) is 10.8. The summed E-state index contributed by atoms with van der Waals surface area (Å²) < 4.78 is 5.63. The van der Waals surface area contributed by atoms with E-state index in [1.54, 1.807) is 6.07 Å². The zero-order chi connectivity index (χ0) is 13.4. The second-order valence-electron chi connectivity index (χ2n) is 4.68. The van der Waals surface area contributed by atoms with Gasteiger partial charge in [0.1, 0.15) is 5.75 Å². The van der Waals surface area contributed by atoms with Crippen molar-refractivity contribution in [1.82, 2.24) is 5.32 Å². The van der Waals surface area contributed by atoms with E-state index >= 15 is 0 Å². The van der Waals surface area contributed by atoms with E-state index in [1.807, 2.05) is 6.92 Å². The van der Waals surface area contributed by atoms with Crippen molar-refractivity contribution in [2.24, 2.45) is 0 Å². The summed E-state index contributed by atoms with van der Waals surface area (Å²) in [5.74, 6) is 0.535. The summed E-state index contributed by atoms with van der Waals surface area (Å²) >= 11 is 0. The Labute approximate surface area is 111 Å². The van der Waals surface area contributed by atoms with Crippen LogP contribution in [0.1, 0.15) is 38.8 Å². The van der Waals surface area contributed by atoms with Crippen molar-refractivity contribution in [3.8, 4) is 5.75 Å². The maximum atomic E-state index is 12.1. The van der Waals surface area contributed by atoms with Gasteiger partial charge in [-0.1, -0.05) is 0 Å². The molecule has 0 saturated heterocycles. The van der Waals surface area contributed by atoms with Crippen LogP contribution in [-0.4, -0.2) is 24.7 Å². The van der Waals surface area contributed by atoms with Crippen molar-refractivity contribution >= 4 is 11.6 Å². The van der Waals surface area contributed by atoms with E-state index in [1.165, 1.54) is 12.2 Å². The minimum atomic E-state index is -0.114. The number of allylic oxidation sites excluding steroid dienone is 2. The first-order chi connectivity index (χ1) is 9.22. The molecule has 0 fully saturated rings. The molecule has 1 aliphatic heterocycles. The Kier molecular flexibility index (Phi) is 2.95. The van der Waals surface area contributed by atoms with Gasteiger partial charge >= 0.3 is 0 Å². The molecule has 1 aliphatic carbocycles. The van der Waals surface area contributed by atoms with Gasteiger partial charge in [-0.15, -0.1) is 0 Å². The van der Waals surface area contributed by atoms with Crippen LogP contribution in [-0.2, 0) is 13.0 Å². The predicted molar refractivity (Wildman–Crippen MR) is 70.8 cm³/mol. The Morgan fingerprint density at radius 3 is 2.79 bits per heavy atom. The first-order valence-corrected chi connectivity index (χ1v) is 6.51. The Bertz CT molecular complexity index is 602. The molecule has 0 spiro atoms. The van der Waals surface area contributed by atoms with Gasteiger partial charge in [0.05, 0.1) is 6.61 Å². The second-order valence-corrected chi connectivity index (χ2v) is 4.68. The average Bonchev–Trinajstić information content (AvgIpc) is 2.43. The minimum Gasteiger partial charge on any atom is -0.494 e. The molecule has 0 amide bonds. The minimum absolute atomic E-state index is 0.0733. The molecule has 19 heavy (non-hydrogen) atoms. The van der Waals surface area contributed by atoms with Gasteiger partial charge < -0.3 is 10.1 Å². The van der Waals surface area contributed by atoms with E-state index in [0.717, 1.165) is 29.8 Å². The Morgan fingerprint density at radius 2 is 2.00 bits per heavy atom. The van der Waals surface area contributed by atoms with Gasteiger partial charge in [-0.2, -0.15) is 0 Å². The maximum Gasteiger partial charge on any atom is 0.187 e. The standard InChI is InChI=1S/C15H15NO3/c1-2-19-14-7-10-12(17)3-4-13(18)15(10)9-5-6-16-8-11(9)14/h3-4,7,16H,2,5-6,8H2,1H3. The molecule has 0 unspecified atom stereocenters. The van der Waals surface area contributed by atoms with Gasteiger partial charge in [0, 0.05) is 23.2 Å². The van der Waals surface area contributed by atoms with Crippen molar-refractivity contribution in [3.63, 3.8) is 0 Å². The van der Waals surface area contributed by atoms with E-state index in [2.05, 4.69) is 5.32 Å². The highest BCUT2D eigenvalue weighted by Gasteiger charge is 2.28. The summed E-state index contributed by atoms with van der Waals surface area (Å²) in [5.41, 5.74) is 3.05. The smallest absolute Gasteiger partial charge is 0.187 e. The molecule has 1 heterocycles. The van der Waals surface area contributed by atoms with Gasteiger partial charge in [0.25, 0.3) is 0 Å². The van der Waals surface area contributed by atoms with Crippen molar-refractivity contribution in [1.29, 1.82) is 0 Å². The van der Waals surface area contributed by atoms with Crippen LogP contribution >= 0.6 is 0 Å². The topological polar surface area (TPSA) is 55.4 Å². The van der Waals surface area contributed by atoms with Crippen molar-refractivity contribution in [2.75, 3.05) is 13.2 Å². The summed E-state index contributed by atoms with van der Waals surface area (Å²) in [6, 6.07) is 1.72. The Balaban J connectivity index is 2.26. The van der Waals surface area contributed by atoms with E-state index in [-0.39, 0.29) is 11.6 Å². The highest BCUT2D eigenvalue weighted by Crippen LogP contribution is 2.33. The number of ketones is 2. The fourth-order valence-electron chi connectivity index (χ4n) is 2.73. The number of carbonyl (C=O) groups is 2. The Morgan fingerprint density at radius 1 is 1.21 bits per heavy atom. The number of benzene rings is 1. The van der Waals surface area contributed by atoms with Gasteiger partial charge in [0.2, 0.25) is 0 Å². The van der Waals surface area contributed by atoms with Crippen LogP contribution in [0, 0.1) is 0 Å². The molecule has 1 aromatic carbocycles. The van der Waals surface area contributed by atoms with Gasteiger partial charge in [-0.3, -0.25) is 9.59 Å². The molecule has 4 heteroatoms. The number of nitrogens with one attached hydrogen (secondary N) is 1. The number of hydrogen-bond donors (Lipinski definition) is 1. The summed E-state index contributed by atoms with van der Waals surface area (Å²) in [4.78, 5) is 24.0. The zero-order valence-electron chi connectivity index (χ0n) is 10.8. The lowest BCUT2D eigenvalue weighted by atomic mass is 9.84. The van der Waals surface area contributed by atoms with E-state index in [9.17, 15) is 9.59 Å². The summed E-state index contributed by atoms with van der Waals surface area (Å²) in [5, 5.41) is 3.28. The maximum absolute atomic E-state index is 12.1. The van der Waals surface area contributed by atoms with Crippen LogP contribution in [0.25, 0.3) is 0 Å². The summed E-state index contributed by atoms with van der Waals surface area (Å²) in [6.07, 6.45) is 3.46. The number of carbonyl (C=O) groups excluding carboxylic acids is 2. The van der Waals surface area contributed by atoms with E-state index < -0.39 is 0 Å². The van der Waals surface area contributed by atoms with Crippen LogP contribution in [0.4, 0.5) is 0 Å². The van der Waals surface area contributed by atoms with E-state index in [0.29, 0.717) is 24.3 Å². The highest BCUT2D eigenvalue weighted by molar-refractivity contribution is 6.23. The quantitative estimate of drug-likeness (QED) is 0.875. The third kappa shape index (κ3) is 1.88. The van der Waals surface area contributed by atoms with Crippen LogP contribution < -0.4 is 10.1 Å². The number of rotatable bonds is 2. The fraction of sp³-hybridized carbons (Fsp3) is 0.333. The highest BCUT2D eigenvalue weighted by atomic mass is 16.5. The van der Waals surface area contributed by atoms with E-state index in [4.69, 9.17) is 4.74 Å². The lowest BCUT2D eigenvalue weighted by Crippen LogP contribution is -2.28. The molecule has 0 aromatic heterocycles. The first-order valence-electron chi connectivity index (χ1n) is 6.51. The van der Waals surface area contributed by atoms with Crippen molar-refractivity contribution < 1.29 is 14.3 Å². The monoisotopic (exact) mass is 257 g/mol. The SMILES string of the molecule is CCOc1cc2c(c3c1CNCC3)C(=O)C=CC2=O. The molecule has 0 saturated carbocycles.